The minimum absolute atomic E-state index is 0.192. The summed E-state index contributed by atoms with van der Waals surface area (Å²) in [6, 6.07) is 16.1. The van der Waals surface area contributed by atoms with Gasteiger partial charge in [-0.05, 0) is 69.5 Å². The van der Waals surface area contributed by atoms with Crippen molar-refractivity contribution in [3.63, 3.8) is 0 Å². The molecule has 0 bridgehead atoms. The van der Waals surface area contributed by atoms with Gasteiger partial charge in [0.1, 0.15) is 11.8 Å². The van der Waals surface area contributed by atoms with Gasteiger partial charge in [-0.15, -0.1) is 0 Å². The Balaban J connectivity index is 1.49. The van der Waals surface area contributed by atoms with Gasteiger partial charge in [-0.1, -0.05) is 47.5 Å². The van der Waals surface area contributed by atoms with Crippen LogP contribution in [-0.2, 0) is 9.59 Å². The molecule has 3 aliphatic rings. The lowest BCUT2D eigenvalue weighted by molar-refractivity contribution is -0.123. The lowest BCUT2D eigenvalue weighted by Gasteiger charge is -2.35. The first-order chi connectivity index (χ1) is 17.8. The average Bonchev–Trinajstić information content (AvgIpc) is 3.36. The third kappa shape index (κ3) is 3.63. The van der Waals surface area contributed by atoms with Crippen LogP contribution in [0.2, 0.25) is 10.0 Å². The number of ether oxygens (including phenoxy) is 1. The molecule has 3 heterocycles. The molecule has 6 rings (SSSR count). The maximum atomic E-state index is 14.1. The number of fused-ring (bicyclic) bond motifs is 5. The third-order valence-electron chi connectivity index (χ3n) is 7.32. The van der Waals surface area contributed by atoms with E-state index in [9.17, 15) is 14.4 Å². The molecule has 2 amide bonds. The van der Waals surface area contributed by atoms with Gasteiger partial charge in [0, 0.05) is 16.8 Å². The number of nitrogens with zero attached hydrogens (tertiary/aromatic N) is 2. The van der Waals surface area contributed by atoms with Crippen LogP contribution in [0.15, 0.2) is 71.3 Å². The van der Waals surface area contributed by atoms with E-state index in [0.717, 1.165) is 16.0 Å². The molecule has 6 nitrogen and oxygen atoms in total. The van der Waals surface area contributed by atoms with Crippen LogP contribution in [0.1, 0.15) is 27.5 Å². The van der Waals surface area contributed by atoms with E-state index in [4.69, 9.17) is 27.9 Å². The smallest absolute Gasteiger partial charge is 0.240 e. The van der Waals surface area contributed by atoms with Crippen molar-refractivity contribution in [2.75, 3.05) is 12.0 Å². The highest BCUT2D eigenvalue weighted by Gasteiger charge is 2.64. The van der Waals surface area contributed by atoms with Crippen molar-refractivity contribution >= 4 is 68.5 Å². The zero-order chi connectivity index (χ0) is 26.0. The maximum absolute atomic E-state index is 14.1. The molecule has 9 heteroatoms. The highest BCUT2D eigenvalue weighted by molar-refractivity contribution is 9.10. The van der Waals surface area contributed by atoms with Gasteiger partial charge in [-0.2, -0.15) is 0 Å². The number of ketones is 1. The summed E-state index contributed by atoms with van der Waals surface area (Å²) >= 11 is 15.9. The van der Waals surface area contributed by atoms with E-state index < -0.39 is 29.8 Å². The van der Waals surface area contributed by atoms with Gasteiger partial charge in [0.05, 0.1) is 40.2 Å². The quantitative estimate of drug-likeness (QED) is 0.266. The van der Waals surface area contributed by atoms with Crippen molar-refractivity contribution in [3.05, 3.63) is 98.1 Å². The Labute approximate surface area is 231 Å². The summed E-state index contributed by atoms with van der Waals surface area (Å²) in [5.74, 6) is -2.17. The molecule has 4 unspecified atom stereocenters. The molecular weight excluding hydrogens is 579 g/mol. The molecule has 2 fully saturated rings. The van der Waals surface area contributed by atoms with Crippen LogP contribution in [-0.4, -0.2) is 35.6 Å². The van der Waals surface area contributed by atoms with Crippen LogP contribution in [0.25, 0.3) is 6.08 Å². The molecular formula is C28H19BrCl2N2O4. The fourth-order valence-corrected chi connectivity index (χ4v) is 6.78. The Bertz CT molecular complexity index is 1520. The van der Waals surface area contributed by atoms with Gasteiger partial charge >= 0.3 is 0 Å². The number of imide groups is 1. The second kappa shape index (κ2) is 9.01. The maximum Gasteiger partial charge on any atom is 0.240 e. The molecule has 3 aromatic carbocycles. The summed E-state index contributed by atoms with van der Waals surface area (Å²) < 4.78 is 5.93. The molecule has 0 spiro atoms. The number of hydrogen-bond donors (Lipinski definition) is 0. The largest absolute Gasteiger partial charge is 0.496 e. The monoisotopic (exact) mass is 596 g/mol. The first-order valence-electron chi connectivity index (χ1n) is 11.6. The van der Waals surface area contributed by atoms with E-state index in [1.54, 1.807) is 37.4 Å². The number of anilines is 1. The molecule has 4 atom stereocenters. The predicted octanol–water partition coefficient (Wildman–Crippen LogP) is 6.16. The van der Waals surface area contributed by atoms with E-state index in [-0.39, 0.29) is 22.4 Å². The minimum Gasteiger partial charge on any atom is -0.496 e. The van der Waals surface area contributed by atoms with E-state index in [0.29, 0.717) is 20.8 Å². The van der Waals surface area contributed by atoms with Crippen LogP contribution in [0, 0.1) is 11.8 Å². The fourth-order valence-electron chi connectivity index (χ4n) is 5.75. The third-order valence-corrected chi connectivity index (χ3v) is 8.47. The summed E-state index contributed by atoms with van der Waals surface area (Å²) in [5, 5.41) is 0.584. The summed E-state index contributed by atoms with van der Waals surface area (Å²) in [6.45, 7) is 0. The lowest BCUT2D eigenvalue weighted by atomic mass is 9.83. The summed E-state index contributed by atoms with van der Waals surface area (Å²) in [4.78, 5) is 45.0. The first kappa shape index (κ1) is 24.2. The van der Waals surface area contributed by atoms with Gasteiger partial charge in [0.15, 0.2) is 5.78 Å². The number of carbonyl (C=O) groups is 3. The number of amides is 2. The number of hydrogen-bond acceptors (Lipinski definition) is 5. The van der Waals surface area contributed by atoms with E-state index in [1.807, 2.05) is 41.4 Å². The van der Waals surface area contributed by atoms with Crippen molar-refractivity contribution in [3.8, 4) is 5.75 Å². The van der Waals surface area contributed by atoms with Gasteiger partial charge in [-0.3, -0.25) is 14.4 Å². The zero-order valence-electron chi connectivity index (χ0n) is 19.4. The van der Waals surface area contributed by atoms with Crippen molar-refractivity contribution < 1.29 is 19.1 Å². The fraction of sp³-hybridized carbons (Fsp3) is 0.179. The molecule has 0 N–H and O–H groups in total. The van der Waals surface area contributed by atoms with Crippen molar-refractivity contribution in [1.29, 1.82) is 0 Å². The SMILES string of the molecule is COc1ccc(C(=O)C2C3C(=O)N(c4ccc(Cl)cc4Cl)C(=O)C3C3c4ccccc4C=CN23)cc1Br. The molecule has 37 heavy (non-hydrogen) atoms. The van der Waals surface area contributed by atoms with Crippen LogP contribution >= 0.6 is 39.1 Å². The van der Waals surface area contributed by atoms with Gasteiger partial charge in [-0.25, -0.2) is 4.90 Å². The van der Waals surface area contributed by atoms with Crippen LogP contribution in [0.3, 0.4) is 0 Å². The Hall–Kier alpha value is -3.13. The highest BCUT2D eigenvalue weighted by atomic mass is 79.9. The standard InChI is InChI=1S/C28H19BrCl2N2O4/c1-37-21-9-6-15(12-18(21)29)26(34)25-23-22(24-17-5-3-2-4-14(17)10-11-32(24)25)27(35)33(28(23)36)20-8-7-16(30)13-19(20)31/h2-13,22-25H,1H3. The molecule has 2 saturated heterocycles. The minimum atomic E-state index is -0.895. The van der Waals surface area contributed by atoms with Crippen LogP contribution in [0.4, 0.5) is 5.69 Å². The molecule has 0 aromatic heterocycles. The molecule has 3 aliphatic heterocycles. The van der Waals surface area contributed by atoms with Gasteiger partial charge < -0.3 is 9.64 Å². The molecule has 0 saturated carbocycles. The number of benzene rings is 3. The Morgan fingerprint density at radius 3 is 2.46 bits per heavy atom. The summed E-state index contributed by atoms with van der Waals surface area (Å²) in [7, 11) is 1.54. The average molecular weight is 598 g/mol. The molecule has 186 valence electrons. The molecule has 3 aromatic rings. The van der Waals surface area contributed by atoms with E-state index >= 15 is 0 Å². The number of Topliss-reactive ketones (excluding diaryl/α,β-unsaturated/α-hetero) is 1. The normalized spacial score (nSPS) is 23.7. The Kier molecular flexibility index (Phi) is 5.90. The summed E-state index contributed by atoms with van der Waals surface area (Å²) in [5.41, 5.74) is 2.52. The van der Waals surface area contributed by atoms with Crippen molar-refractivity contribution in [2.45, 2.75) is 12.1 Å². The predicted molar refractivity (Wildman–Crippen MR) is 145 cm³/mol. The number of halogens is 3. The van der Waals surface area contributed by atoms with Gasteiger partial charge in [0.2, 0.25) is 11.8 Å². The molecule has 0 radical (unpaired) electrons. The van der Waals surface area contributed by atoms with E-state index in [2.05, 4.69) is 15.9 Å². The highest BCUT2D eigenvalue weighted by Crippen LogP contribution is 2.54. The summed E-state index contributed by atoms with van der Waals surface area (Å²) in [6.07, 6.45) is 3.74. The molecule has 0 aliphatic carbocycles. The van der Waals surface area contributed by atoms with Crippen molar-refractivity contribution in [2.24, 2.45) is 11.8 Å². The second-order valence-corrected chi connectivity index (χ2v) is 10.9. The van der Waals surface area contributed by atoms with E-state index in [1.165, 1.54) is 6.07 Å². The van der Waals surface area contributed by atoms with Crippen LogP contribution in [0.5, 0.6) is 5.75 Å². The van der Waals surface area contributed by atoms with Crippen molar-refractivity contribution in [1.82, 2.24) is 4.90 Å². The number of carbonyl (C=O) groups excluding carboxylic acids is 3. The Morgan fingerprint density at radius 1 is 0.973 bits per heavy atom. The second-order valence-electron chi connectivity index (χ2n) is 9.15. The number of methoxy groups -OCH3 is 1. The topological polar surface area (TPSA) is 66.9 Å². The first-order valence-corrected chi connectivity index (χ1v) is 13.1. The number of rotatable bonds is 4. The lowest BCUT2D eigenvalue weighted by Crippen LogP contribution is -2.44. The van der Waals surface area contributed by atoms with Crippen LogP contribution < -0.4 is 9.64 Å². The zero-order valence-corrected chi connectivity index (χ0v) is 22.5. The Morgan fingerprint density at radius 2 is 1.73 bits per heavy atom. The van der Waals surface area contributed by atoms with Gasteiger partial charge in [0.25, 0.3) is 0 Å².